The normalized spacial score (nSPS) is 15.3. The molecule has 0 spiro atoms. The fourth-order valence-corrected chi connectivity index (χ4v) is 0.928. The number of hydrogen-bond donors (Lipinski definition) is 1. The van der Waals surface area contributed by atoms with Crippen molar-refractivity contribution in [2.24, 2.45) is 5.41 Å². The van der Waals surface area contributed by atoms with Crippen LogP contribution in [0.3, 0.4) is 0 Å². The SMILES string of the molecule is C[C@@H](O)CCCC(C)(C)C. The summed E-state index contributed by atoms with van der Waals surface area (Å²) in [7, 11) is 0. The third-order valence-electron chi connectivity index (χ3n) is 1.55. The van der Waals surface area contributed by atoms with Crippen molar-refractivity contribution in [2.75, 3.05) is 0 Å². The molecule has 0 radical (unpaired) electrons. The second kappa shape index (κ2) is 3.97. The lowest BCUT2D eigenvalue weighted by molar-refractivity contribution is 0.174. The molecule has 0 aromatic rings. The highest BCUT2D eigenvalue weighted by atomic mass is 16.3. The molecule has 0 aliphatic carbocycles. The number of aliphatic hydroxyl groups excluding tert-OH is 1. The Hall–Kier alpha value is -0.0400. The van der Waals surface area contributed by atoms with E-state index >= 15 is 0 Å². The van der Waals surface area contributed by atoms with Crippen LogP contribution >= 0.6 is 0 Å². The Kier molecular flexibility index (Phi) is 3.95. The molecule has 0 fully saturated rings. The molecule has 0 saturated carbocycles. The summed E-state index contributed by atoms with van der Waals surface area (Å²) in [5.41, 5.74) is 0.425. The van der Waals surface area contributed by atoms with Crippen molar-refractivity contribution in [1.82, 2.24) is 0 Å². The molecule has 0 bridgehead atoms. The standard InChI is InChI=1S/C9H20O/c1-8(10)6-5-7-9(2,3)4/h8,10H,5-7H2,1-4H3/t8-/m1/s1. The molecule has 0 aliphatic rings. The summed E-state index contributed by atoms with van der Waals surface area (Å²) in [6.07, 6.45) is 3.17. The van der Waals surface area contributed by atoms with Crippen molar-refractivity contribution >= 4 is 0 Å². The molecule has 0 unspecified atom stereocenters. The van der Waals surface area contributed by atoms with Gasteiger partial charge in [-0.2, -0.15) is 0 Å². The van der Waals surface area contributed by atoms with Crippen molar-refractivity contribution in [2.45, 2.75) is 53.1 Å². The van der Waals surface area contributed by atoms with Crippen LogP contribution < -0.4 is 0 Å². The highest BCUT2D eigenvalue weighted by Crippen LogP contribution is 2.21. The molecule has 0 amide bonds. The average molecular weight is 144 g/mol. The molecule has 1 nitrogen and oxygen atoms in total. The van der Waals surface area contributed by atoms with Gasteiger partial charge in [0.05, 0.1) is 6.10 Å². The quantitative estimate of drug-likeness (QED) is 0.645. The van der Waals surface area contributed by atoms with E-state index in [1.54, 1.807) is 0 Å². The lowest BCUT2D eigenvalue weighted by atomic mass is 9.89. The van der Waals surface area contributed by atoms with Crippen LogP contribution in [0.5, 0.6) is 0 Å². The summed E-state index contributed by atoms with van der Waals surface area (Å²) >= 11 is 0. The predicted octanol–water partition coefficient (Wildman–Crippen LogP) is 2.58. The first-order valence-corrected chi connectivity index (χ1v) is 4.10. The molecule has 0 heterocycles. The number of aliphatic hydroxyl groups is 1. The maximum absolute atomic E-state index is 8.95. The minimum absolute atomic E-state index is 0.123. The van der Waals surface area contributed by atoms with Gasteiger partial charge in [-0.25, -0.2) is 0 Å². The zero-order valence-corrected chi connectivity index (χ0v) is 7.65. The van der Waals surface area contributed by atoms with E-state index in [-0.39, 0.29) is 6.10 Å². The first-order chi connectivity index (χ1) is 4.42. The highest BCUT2D eigenvalue weighted by molar-refractivity contribution is 4.61. The first-order valence-electron chi connectivity index (χ1n) is 4.10. The van der Waals surface area contributed by atoms with Gasteiger partial charge in [0.1, 0.15) is 0 Å². The molecule has 0 aliphatic heterocycles. The van der Waals surface area contributed by atoms with Gasteiger partial charge in [0.15, 0.2) is 0 Å². The Morgan fingerprint density at radius 3 is 2.10 bits per heavy atom. The molecule has 10 heavy (non-hydrogen) atoms. The van der Waals surface area contributed by atoms with Gasteiger partial charge >= 0.3 is 0 Å². The van der Waals surface area contributed by atoms with Gasteiger partial charge in [-0.1, -0.05) is 27.2 Å². The van der Waals surface area contributed by atoms with Crippen LogP contribution in [0.1, 0.15) is 47.0 Å². The van der Waals surface area contributed by atoms with Gasteiger partial charge < -0.3 is 5.11 Å². The van der Waals surface area contributed by atoms with E-state index in [9.17, 15) is 0 Å². The van der Waals surface area contributed by atoms with Crippen LogP contribution in [0.25, 0.3) is 0 Å². The molecule has 0 saturated heterocycles. The van der Waals surface area contributed by atoms with E-state index in [0.717, 1.165) is 12.8 Å². The average Bonchev–Trinajstić information content (AvgIpc) is 1.59. The summed E-state index contributed by atoms with van der Waals surface area (Å²) in [5.74, 6) is 0. The van der Waals surface area contributed by atoms with Gasteiger partial charge in [-0.3, -0.25) is 0 Å². The van der Waals surface area contributed by atoms with E-state index in [1.165, 1.54) is 6.42 Å². The zero-order chi connectivity index (χ0) is 8.20. The van der Waals surface area contributed by atoms with E-state index in [4.69, 9.17) is 5.11 Å². The molecule has 1 heteroatoms. The number of hydrogen-bond acceptors (Lipinski definition) is 1. The van der Waals surface area contributed by atoms with Crippen LogP contribution in [0.2, 0.25) is 0 Å². The van der Waals surface area contributed by atoms with Gasteiger partial charge in [0, 0.05) is 0 Å². The van der Waals surface area contributed by atoms with Gasteiger partial charge in [0.25, 0.3) is 0 Å². The van der Waals surface area contributed by atoms with Crippen molar-refractivity contribution in [3.63, 3.8) is 0 Å². The Bertz CT molecular complexity index is 79.2. The van der Waals surface area contributed by atoms with Crippen molar-refractivity contribution in [3.8, 4) is 0 Å². The summed E-state index contributed by atoms with van der Waals surface area (Å²) in [5, 5.41) is 8.95. The maximum atomic E-state index is 8.95. The van der Waals surface area contributed by atoms with Crippen LogP contribution in [-0.2, 0) is 0 Å². The van der Waals surface area contributed by atoms with Crippen LogP contribution in [0.15, 0.2) is 0 Å². The van der Waals surface area contributed by atoms with Crippen molar-refractivity contribution in [3.05, 3.63) is 0 Å². The van der Waals surface area contributed by atoms with E-state index < -0.39 is 0 Å². The van der Waals surface area contributed by atoms with Gasteiger partial charge in [-0.05, 0) is 25.2 Å². The maximum Gasteiger partial charge on any atom is 0.0512 e. The molecular weight excluding hydrogens is 124 g/mol. The molecule has 62 valence electrons. The van der Waals surface area contributed by atoms with Crippen LogP contribution in [0, 0.1) is 5.41 Å². The molecule has 0 rings (SSSR count). The van der Waals surface area contributed by atoms with Gasteiger partial charge in [-0.15, -0.1) is 0 Å². The molecule has 1 atom stereocenters. The van der Waals surface area contributed by atoms with E-state index in [2.05, 4.69) is 20.8 Å². The highest BCUT2D eigenvalue weighted by Gasteiger charge is 2.09. The second-order valence-corrected chi connectivity index (χ2v) is 4.30. The predicted molar refractivity (Wildman–Crippen MR) is 45.0 cm³/mol. The van der Waals surface area contributed by atoms with Crippen LogP contribution in [-0.4, -0.2) is 11.2 Å². The van der Waals surface area contributed by atoms with Gasteiger partial charge in [0.2, 0.25) is 0 Å². The Labute approximate surface area is 64.5 Å². The second-order valence-electron chi connectivity index (χ2n) is 4.30. The van der Waals surface area contributed by atoms with Crippen LogP contribution in [0.4, 0.5) is 0 Å². The Morgan fingerprint density at radius 1 is 1.30 bits per heavy atom. The van der Waals surface area contributed by atoms with Crippen molar-refractivity contribution in [1.29, 1.82) is 0 Å². The minimum atomic E-state index is -0.123. The summed E-state index contributed by atoms with van der Waals surface area (Å²) in [6.45, 7) is 8.54. The fourth-order valence-electron chi connectivity index (χ4n) is 0.928. The smallest absolute Gasteiger partial charge is 0.0512 e. The largest absolute Gasteiger partial charge is 0.393 e. The minimum Gasteiger partial charge on any atom is -0.393 e. The monoisotopic (exact) mass is 144 g/mol. The zero-order valence-electron chi connectivity index (χ0n) is 7.65. The third kappa shape index (κ3) is 7.96. The third-order valence-corrected chi connectivity index (χ3v) is 1.55. The molecule has 1 N–H and O–H groups in total. The molecule has 0 aromatic heterocycles. The first kappa shape index (κ1) is 9.96. The van der Waals surface area contributed by atoms with Crippen molar-refractivity contribution < 1.29 is 5.11 Å². The summed E-state index contributed by atoms with van der Waals surface area (Å²) in [6, 6.07) is 0. The lowest BCUT2D eigenvalue weighted by Crippen LogP contribution is -2.07. The summed E-state index contributed by atoms with van der Waals surface area (Å²) < 4.78 is 0. The Balaban J connectivity index is 3.21. The fraction of sp³-hybridized carbons (Fsp3) is 1.00. The number of rotatable bonds is 3. The Morgan fingerprint density at radius 2 is 1.80 bits per heavy atom. The summed E-state index contributed by atoms with van der Waals surface area (Å²) in [4.78, 5) is 0. The van der Waals surface area contributed by atoms with E-state index in [1.807, 2.05) is 6.92 Å². The lowest BCUT2D eigenvalue weighted by Gasteiger charge is -2.17. The van der Waals surface area contributed by atoms with E-state index in [0.29, 0.717) is 5.41 Å². The molecular formula is C9H20O. The topological polar surface area (TPSA) is 20.2 Å². The molecule has 0 aromatic carbocycles.